The Bertz CT molecular complexity index is 64.0. The highest BCUT2D eigenvalue weighted by Gasteiger charge is 1.74. The summed E-state index contributed by atoms with van der Waals surface area (Å²) in [4.78, 5) is 0. The van der Waals surface area contributed by atoms with Gasteiger partial charge in [0.05, 0.1) is 13.1 Å². The van der Waals surface area contributed by atoms with Gasteiger partial charge in [-0.05, 0) is 0 Å². The summed E-state index contributed by atoms with van der Waals surface area (Å²) in [5, 5.41) is 2.78. The van der Waals surface area contributed by atoms with E-state index in [1.54, 1.807) is 0 Å². The van der Waals surface area contributed by atoms with Gasteiger partial charge in [-0.1, -0.05) is 4.32 Å². The summed E-state index contributed by atoms with van der Waals surface area (Å²) in [6, 6.07) is 0. The molecule has 0 spiro atoms. The van der Waals surface area contributed by atoms with Gasteiger partial charge in [-0.15, -0.1) is 0 Å². The molecule has 4 N–H and O–H groups in total. The molecule has 0 unspecified atom stereocenters. The number of hydrogen-bond acceptors (Lipinski definition) is 2. The maximum atomic E-state index is 4.54. The van der Waals surface area contributed by atoms with Crippen LogP contribution in [-0.2, 0) is 12.6 Å². The zero-order valence-electron chi connectivity index (χ0n) is 3.94. The lowest BCUT2D eigenvalue weighted by Gasteiger charge is -2.04. The van der Waals surface area contributed by atoms with Crippen molar-refractivity contribution in [2.45, 2.75) is 0 Å². The fourth-order valence-corrected chi connectivity index (χ4v) is 0.395. The number of quaternary nitrogens is 1. The summed E-state index contributed by atoms with van der Waals surface area (Å²) in [6.07, 6.45) is 0. The molecule has 0 aliphatic carbocycles. The molecule has 0 radical (unpaired) electrons. The van der Waals surface area contributed by atoms with Crippen LogP contribution in [0.5, 0.6) is 0 Å². The Labute approximate surface area is 53.9 Å². The molecule has 0 bridgehead atoms. The fraction of sp³-hybridized carbons (Fsp3) is 0.667. The zero-order valence-corrected chi connectivity index (χ0v) is 5.57. The average Bonchev–Trinajstić information content (AvgIpc) is 1.61. The molecular formula is C3H8N2S2. The maximum absolute atomic E-state index is 4.54. The van der Waals surface area contributed by atoms with Gasteiger partial charge in [0.1, 0.15) is 0 Å². The van der Waals surface area contributed by atoms with Gasteiger partial charge in [0, 0.05) is 0 Å². The second-order valence-corrected chi connectivity index (χ2v) is 2.14. The molecule has 2 nitrogen and oxygen atoms in total. The predicted molar refractivity (Wildman–Crippen MR) is 35.7 cm³/mol. The molecule has 0 rings (SSSR count). The van der Waals surface area contributed by atoms with Gasteiger partial charge in [-0.2, -0.15) is 0 Å². The van der Waals surface area contributed by atoms with Crippen LogP contribution in [0, 0.1) is 0 Å². The lowest BCUT2D eigenvalue weighted by molar-refractivity contribution is -0.364. The Morgan fingerprint density at radius 3 is 2.57 bits per heavy atom. The van der Waals surface area contributed by atoms with Crippen LogP contribution < -0.4 is 11.1 Å². The van der Waals surface area contributed by atoms with E-state index in [1.165, 1.54) is 0 Å². The summed E-state index contributed by atoms with van der Waals surface area (Å²) >= 11 is 9.07. The molecule has 0 atom stereocenters. The standard InChI is InChI=1S/C3H8N2S2/c4-1-2-5-3(6)7/h1-2,4H2,(H2,5,6,7). The quantitative estimate of drug-likeness (QED) is 0.364. The molecule has 0 heterocycles. The molecular weight excluding hydrogens is 128 g/mol. The Hall–Kier alpha value is 0.0700. The zero-order chi connectivity index (χ0) is 5.70. The highest BCUT2D eigenvalue weighted by atomic mass is 32.1. The van der Waals surface area contributed by atoms with E-state index >= 15 is 0 Å². The van der Waals surface area contributed by atoms with E-state index in [9.17, 15) is 0 Å². The minimum Gasteiger partial charge on any atom is -0.412 e. The Balaban J connectivity index is 2.82. The largest absolute Gasteiger partial charge is 0.412 e. The van der Waals surface area contributed by atoms with Crippen LogP contribution >= 0.6 is 12.2 Å². The number of rotatable bonds is 2. The van der Waals surface area contributed by atoms with E-state index < -0.39 is 0 Å². The third-order valence-corrected chi connectivity index (χ3v) is 0.735. The minimum atomic E-state index is 0.434. The van der Waals surface area contributed by atoms with Gasteiger partial charge >= 0.3 is 0 Å². The van der Waals surface area contributed by atoms with E-state index in [0.29, 0.717) is 4.32 Å². The summed E-state index contributed by atoms with van der Waals surface area (Å²) in [7, 11) is 0. The average molecular weight is 136 g/mol. The van der Waals surface area contributed by atoms with Crippen molar-refractivity contribution in [3.63, 3.8) is 0 Å². The van der Waals surface area contributed by atoms with Crippen LogP contribution in [-0.4, -0.2) is 17.4 Å². The lowest BCUT2D eigenvalue weighted by atomic mass is 10.7. The topological polar surface area (TPSA) is 39.7 Å². The van der Waals surface area contributed by atoms with Gasteiger partial charge in [-0.3, -0.25) is 0 Å². The van der Waals surface area contributed by atoms with Crippen LogP contribution in [0.1, 0.15) is 0 Å². The maximum Gasteiger partial charge on any atom is 0.0914 e. The van der Waals surface area contributed by atoms with Crippen molar-refractivity contribution < 1.29 is 5.73 Å². The molecule has 4 heteroatoms. The molecule has 0 saturated heterocycles. The van der Waals surface area contributed by atoms with Crippen LogP contribution in [0.4, 0.5) is 0 Å². The van der Waals surface area contributed by atoms with Gasteiger partial charge in [0.25, 0.3) is 0 Å². The lowest BCUT2D eigenvalue weighted by Crippen LogP contribution is -2.54. The first-order chi connectivity index (χ1) is 3.27. The van der Waals surface area contributed by atoms with Crippen molar-refractivity contribution in [1.29, 1.82) is 0 Å². The Morgan fingerprint density at radius 1 is 1.86 bits per heavy atom. The highest BCUT2D eigenvalue weighted by Crippen LogP contribution is 1.59. The molecule has 7 heavy (non-hydrogen) atoms. The normalized spacial score (nSPS) is 8.14. The van der Waals surface area contributed by atoms with Crippen LogP contribution in [0.3, 0.4) is 0 Å². The molecule has 0 aromatic carbocycles. The van der Waals surface area contributed by atoms with Crippen LogP contribution in [0.15, 0.2) is 0 Å². The van der Waals surface area contributed by atoms with Crippen molar-refractivity contribution in [2.75, 3.05) is 13.1 Å². The molecule has 42 valence electrons. The van der Waals surface area contributed by atoms with Gasteiger partial charge in [-0.25, -0.2) is 0 Å². The van der Waals surface area contributed by atoms with E-state index in [0.717, 1.165) is 13.1 Å². The molecule has 0 aromatic rings. The first-order valence-electron chi connectivity index (χ1n) is 2.01. The Kier molecular flexibility index (Phi) is 4.28. The van der Waals surface area contributed by atoms with Gasteiger partial charge in [0.15, 0.2) is 0 Å². The van der Waals surface area contributed by atoms with E-state index in [-0.39, 0.29) is 0 Å². The first-order valence-corrected chi connectivity index (χ1v) is 2.83. The number of nitrogens with one attached hydrogen (secondary N) is 1. The summed E-state index contributed by atoms with van der Waals surface area (Å²) < 4.78 is 0.434. The third-order valence-electron chi connectivity index (χ3n) is 0.446. The number of hydrogen-bond donors (Lipinski definition) is 2. The SMILES string of the molecule is [NH3+]CCNC(=S)[S-]. The van der Waals surface area contributed by atoms with Crippen molar-refractivity contribution in [1.82, 2.24) is 5.32 Å². The second-order valence-electron chi connectivity index (χ2n) is 1.07. The van der Waals surface area contributed by atoms with Crippen molar-refractivity contribution in [3.05, 3.63) is 0 Å². The minimum absolute atomic E-state index is 0.434. The van der Waals surface area contributed by atoms with Crippen LogP contribution in [0.25, 0.3) is 0 Å². The fourth-order valence-electron chi connectivity index (χ4n) is 0.190. The highest BCUT2D eigenvalue weighted by molar-refractivity contribution is 8.00. The predicted octanol–water partition coefficient (Wildman–Crippen LogP) is -1.35. The van der Waals surface area contributed by atoms with E-state index in [2.05, 4.69) is 35.9 Å². The van der Waals surface area contributed by atoms with Gasteiger partial charge in [0.2, 0.25) is 0 Å². The molecule has 0 fully saturated rings. The molecule has 0 saturated carbocycles. The summed E-state index contributed by atoms with van der Waals surface area (Å²) in [5.74, 6) is 0. The third kappa shape index (κ3) is 6.07. The molecule has 0 amide bonds. The van der Waals surface area contributed by atoms with Gasteiger partial charge < -0.3 is 35.9 Å². The second kappa shape index (κ2) is 4.23. The molecule has 0 aliphatic rings. The van der Waals surface area contributed by atoms with E-state index in [1.807, 2.05) is 0 Å². The smallest absolute Gasteiger partial charge is 0.0914 e. The first kappa shape index (κ1) is 7.07. The van der Waals surface area contributed by atoms with Crippen molar-refractivity contribution >= 4 is 29.2 Å². The molecule has 0 aromatic heterocycles. The Morgan fingerprint density at radius 2 is 2.43 bits per heavy atom. The molecule has 0 aliphatic heterocycles. The number of thiocarbonyl (C=S) groups is 1. The van der Waals surface area contributed by atoms with Crippen molar-refractivity contribution in [2.24, 2.45) is 0 Å². The summed E-state index contributed by atoms with van der Waals surface area (Å²) in [5.41, 5.74) is 3.59. The van der Waals surface area contributed by atoms with Crippen molar-refractivity contribution in [3.8, 4) is 0 Å². The monoisotopic (exact) mass is 136 g/mol. The van der Waals surface area contributed by atoms with E-state index in [4.69, 9.17) is 0 Å². The summed E-state index contributed by atoms with van der Waals surface area (Å²) in [6.45, 7) is 1.62. The van der Waals surface area contributed by atoms with Crippen LogP contribution in [0.2, 0.25) is 0 Å².